The van der Waals surface area contributed by atoms with Crippen LogP contribution in [-0.2, 0) is 41.6 Å². The number of ether oxygens (including phenoxy) is 3. The van der Waals surface area contributed by atoms with Crippen LogP contribution in [0.4, 0.5) is 4.79 Å². The average molecular weight is 735 g/mol. The third-order valence-electron chi connectivity index (χ3n) is 9.34. The van der Waals surface area contributed by atoms with Gasteiger partial charge in [0.2, 0.25) is 29.5 Å². The Balaban J connectivity index is 1.46. The van der Waals surface area contributed by atoms with Crippen LogP contribution in [0.25, 0.3) is 0 Å². The van der Waals surface area contributed by atoms with Gasteiger partial charge in [0, 0.05) is 19.4 Å². The highest BCUT2D eigenvalue weighted by Crippen LogP contribution is 2.30. The molecule has 5 atom stereocenters. The fourth-order valence-electron chi connectivity index (χ4n) is 6.32. The van der Waals surface area contributed by atoms with E-state index in [0.717, 1.165) is 12.8 Å². The first-order valence-electron chi connectivity index (χ1n) is 18.1. The molecule has 15 nitrogen and oxygen atoms in total. The lowest BCUT2D eigenvalue weighted by Crippen LogP contribution is -2.59. The number of hydrogen-bond acceptors (Lipinski definition) is 9. The van der Waals surface area contributed by atoms with Crippen molar-refractivity contribution in [2.24, 2.45) is 11.8 Å². The molecule has 15 heteroatoms. The number of carbonyl (C=O) groups excluding carboxylic acids is 6. The number of methoxy groups -OCH3 is 1. The van der Waals surface area contributed by atoms with Crippen LogP contribution in [0.3, 0.4) is 0 Å². The van der Waals surface area contributed by atoms with Crippen molar-refractivity contribution in [2.75, 3.05) is 33.4 Å². The summed E-state index contributed by atoms with van der Waals surface area (Å²) in [5.41, 5.74) is 1.38. The fraction of sp³-hybridized carbons (Fsp3) is 0.526. The molecule has 4 aliphatic rings. The highest BCUT2D eigenvalue weighted by Gasteiger charge is 2.35. The number of rotatable bonds is 9. The van der Waals surface area contributed by atoms with E-state index in [1.165, 1.54) is 12.0 Å². The number of fused-ring (bicyclic) bond motifs is 17. The Morgan fingerprint density at radius 3 is 2.25 bits per heavy atom. The smallest absolute Gasteiger partial charge is 0.407 e. The predicted molar refractivity (Wildman–Crippen MR) is 193 cm³/mol. The number of benzene rings is 2. The zero-order valence-corrected chi connectivity index (χ0v) is 30.6. The highest BCUT2D eigenvalue weighted by molar-refractivity contribution is 5.96. The summed E-state index contributed by atoms with van der Waals surface area (Å²) in [6, 6.07) is 9.30. The maximum atomic E-state index is 14.1. The highest BCUT2D eigenvalue weighted by atomic mass is 16.6. The summed E-state index contributed by atoms with van der Waals surface area (Å²) in [6.45, 7) is 5.84. The lowest BCUT2D eigenvalue weighted by Gasteiger charge is -2.29. The molecule has 5 N–H and O–H groups in total. The number of nitrogens with zero attached hydrogens (tertiary/aromatic N) is 1. The van der Waals surface area contributed by atoms with E-state index in [4.69, 9.17) is 14.2 Å². The maximum absolute atomic E-state index is 14.1. The second-order valence-electron chi connectivity index (χ2n) is 14.4. The minimum atomic E-state index is -1.17. The molecule has 3 heterocycles. The number of nitrogens with one attached hydrogen (secondary N) is 5. The van der Waals surface area contributed by atoms with Gasteiger partial charge in [0.05, 0.1) is 19.7 Å². The van der Waals surface area contributed by atoms with Crippen LogP contribution in [0, 0.1) is 11.8 Å². The Hall–Kier alpha value is -5.34. The van der Waals surface area contributed by atoms with E-state index in [0.29, 0.717) is 35.6 Å². The van der Waals surface area contributed by atoms with Crippen molar-refractivity contribution in [1.82, 2.24) is 31.5 Å². The number of alkyl carbamates (subject to hydrolysis) is 1. The largest absolute Gasteiger partial charge is 0.497 e. The minimum absolute atomic E-state index is 0.0350. The molecular formula is C38H50N6O9. The van der Waals surface area contributed by atoms with E-state index in [1.54, 1.807) is 55.5 Å². The van der Waals surface area contributed by atoms with Crippen molar-refractivity contribution in [2.45, 2.75) is 83.1 Å². The molecule has 2 aromatic carbocycles. The third-order valence-corrected chi connectivity index (χ3v) is 9.34. The molecule has 2 bridgehead atoms. The molecule has 2 aromatic rings. The Labute approximate surface area is 309 Å². The molecule has 0 aromatic heterocycles. The standard InChI is InChI=1S/C38H50N6O9/c1-22(2)15-27-20-52-29-13-9-25(10-14-29)17-31(42-36(48)32-21-53-38(50)43-32)35(47)41-30(16-24-7-11-28(51-4)12-8-24)34(46)39-23(3)37(49)44(18-26-5-6-26)19-33(45)40-27/h7-14,22-23,26-27,30-32H,5-6,15-21H2,1-4H3,(H,39,46)(H,40,45)(H,41,47)(H,42,48)(H,43,50)/t23-,27+,30+,31+,32+/m1/s1. The second kappa shape index (κ2) is 17.9. The van der Waals surface area contributed by atoms with E-state index in [2.05, 4.69) is 26.6 Å². The first-order valence-corrected chi connectivity index (χ1v) is 18.1. The topological polar surface area (TPSA) is 194 Å². The van der Waals surface area contributed by atoms with Crippen molar-refractivity contribution in [3.8, 4) is 11.5 Å². The summed E-state index contributed by atoms with van der Waals surface area (Å²) in [4.78, 5) is 81.6. The molecular weight excluding hydrogens is 684 g/mol. The number of amides is 6. The molecule has 6 rings (SSSR count). The van der Waals surface area contributed by atoms with Crippen molar-refractivity contribution in [3.63, 3.8) is 0 Å². The molecule has 286 valence electrons. The van der Waals surface area contributed by atoms with Gasteiger partial charge in [-0.2, -0.15) is 0 Å². The summed E-state index contributed by atoms with van der Waals surface area (Å²) < 4.78 is 16.2. The van der Waals surface area contributed by atoms with Gasteiger partial charge in [-0.25, -0.2) is 4.79 Å². The summed E-state index contributed by atoms with van der Waals surface area (Å²) in [6.07, 6.45) is 1.88. The number of hydrogen-bond donors (Lipinski definition) is 5. The van der Waals surface area contributed by atoms with Crippen LogP contribution in [-0.4, -0.2) is 104 Å². The quantitative estimate of drug-likeness (QED) is 0.236. The monoisotopic (exact) mass is 734 g/mol. The van der Waals surface area contributed by atoms with E-state index < -0.39 is 53.9 Å². The summed E-state index contributed by atoms with van der Waals surface area (Å²) in [5.74, 6) is -0.984. The zero-order chi connectivity index (χ0) is 38.1. The van der Waals surface area contributed by atoms with Crippen LogP contribution >= 0.6 is 0 Å². The number of carbonyl (C=O) groups is 6. The van der Waals surface area contributed by atoms with Crippen molar-refractivity contribution in [1.29, 1.82) is 0 Å². The predicted octanol–water partition coefficient (Wildman–Crippen LogP) is 1.23. The molecule has 3 aliphatic heterocycles. The Bertz CT molecular complexity index is 1630. The molecule has 0 unspecified atom stereocenters. The lowest BCUT2D eigenvalue weighted by molar-refractivity contribution is -0.140. The van der Waals surface area contributed by atoms with Gasteiger partial charge in [-0.1, -0.05) is 38.1 Å². The van der Waals surface area contributed by atoms with Crippen LogP contribution in [0.2, 0.25) is 0 Å². The van der Waals surface area contributed by atoms with Gasteiger partial charge in [0.1, 0.15) is 48.9 Å². The molecule has 1 saturated heterocycles. The van der Waals surface area contributed by atoms with E-state index in [1.807, 2.05) is 13.8 Å². The van der Waals surface area contributed by atoms with Gasteiger partial charge >= 0.3 is 6.09 Å². The Morgan fingerprint density at radius 1 is 0.906 bits per heavy atom. The van der Waals surface area contributed by atoms with E-state index in [-0.39, 0.29) is 56.4 Å². The molecule has 6 amide bonds. The van der Waals surface area contributed by atoms with Crippen molar-refractivity contribution in [3.05, 3.63) is 59.7 Å². The van der Waals surface area contributed by atoms with Gasteiger partial charge in [-0.05, 0) is 73.4 Å². The molecule has 0 spiro atoms. The Morgan fingerprint density at radius 2 is 1.62 bits per heavy atom. The third kappa shape index (κ3) is 11.6. The van der Waals surface area contributed by atoms with Crippen molar-refractivity contribution < 1.29 is 43.0 Å². The summed E-state index contributed by atoms with van der Waals surface area (Å²) in [5, 5.41) is 13.7. The fourth-order valence-corrected chi connectivity index (χ4v) is 6.32. The molecule has 2 fully saturated rings. The van der Waals surface area contributed by atoms with Crippen LogP contribution in [0.1, 0.15) is 51.2 Å². The van der Waals surface area contributed by atoms with Crippen molar-refractivity contribution >= 4 is 35.6 Å². The molecule has 0 radical (unpaired) electrons. The molecule has 53 heavy (non-hydrogen) atoms. The normalized spacial score (nSPS) is 24.7. The Kier molecular flexibility index (Phi) is 13.2. The van der Waals surface area contributed by atoms with Gasteiger partial charge in [-0.3, -0.25) is 24.0 Å². The van der Waals surface area contributed by atoms with Gasteiger partial charge in [0.25, 0.3) is 0 Å². The van der Waals surface area contributed by atoms with Gasteiger partial charge < -0.3 is 45.7 Å². The average Bonchev–Trinajstić information content (AvgIpc) is 3.84. The first kappa shape index (κ1) is 38.9. The van der Waals surface area contributed by atoms with Crippen LogP contribution in [0.5, 0.6) is 11.5 Å². The molecule has 1 aliphatic carbocycles. The maximum Gasteiger partial charge on any atom is 0.407 e. The second-order valence-corrected chi connectivity index (χ2v) is 14.4. The van der Waals surface area contributed by atoms with E-state index in [9.17, 15) is 28.8 Å². The van der Waals surface area contributed by atoms with Gasteiger partial charge in [0.15, 0.2) is 0 Å². The van der Waals surface area contributed by atoms with Crippen LogP contribution in [0.15, 0.2) is 48.5 Å². The zero-order valence-electron chi connectivity index (χ0n) is 30.6. The van der Waals surface area contributed by atoms with Gasteiger partial charge in [-0.15, -0.1) is 0 Å². The first-order chi connectivity index (χ1) is 25.4. The lowest BCUT2D eigenvalue weighted by atomic mass is 10.0. The summed E-state index contributed by atoms with van der Waals surface area (Å²) in [7, 11) is 1.54. The number of cyclic esters (lactones) is 1. The van der Waals surface area contributed by atoms with E-state index >= 15 is 0 Å². The minimum Gasteiger partial charge on any atom is -0.497 e. The summed E-state index contributed by atoms with van der Waals surface area (Å²) >= 11 is 0. The SMILES string of the molecule is COc1ccc(C[C@@H]2NC(=O)[C@@H](NC(=O)[C@@H]3COC(=O)N3)Cc3ccc(cc3)OC[C@H](CC(C)C)NC(=O)CN(CC3CC3)C(=O)[C@@H](C)NC2=O)cc1. The van der Waals surface area contributed by atoms with Crippen LogP contribution < -0.4 is 36.1 Å². The molecule has 1 saturated carbocycles.